The minimum atomic E-state index is -4.98. The van der Waals surface area contributed by atoms with E-state index in [2.05, 4.69) is 15.4 Å². The lowest BCUT2D eigenvalue weighted by molar-refractivity contribution is -0.143. The van der Waals surface area contributed by atoms with Crippen LogP contribution in [0.2, 0.25) is 0 Å². The van der Waals surface area contributed by atoms with E-state index >= 15 is 0 Å². The number of alkyl halides is 6. The lowest BCUT2D eigenvalue weighted by atomic mass is 9.83. The summed E-state index contributed by atoms with van der Waals surface area (Å²) in [5.41, 5.74) is 4.78. The number of pyridine rings is 1. The Morgan fingerprint density at radius 2 is 1.67 bits per heavy atom. The maximum Gasteiger partial charge on any atom is 0.416 e. The Kier molecular flexibility index (Phi) is 8.25. The molecule has 230 valence electrons. The second kappa shape index (κ2) is 11.6. The molecule has 1 atom stereocenters. The highest BCUT2D eigenvalue weighted by Crippen LogP contribution is 2.39. The lowest BCUT2D eigenvalue weighted by Gasteiger charge is -2.31. The van der Waals surface area contributed by atoms with Crippen molar-refractivity contribution in [3.8, 4) is 11.3 Å². The molecule has 0 aliphatic heterocycles. The van der Waals surface area contributed by atoms with Gasteiger partial charge >= 0.3 is 12.4 Å². The molecule has 1 aliphatic rings. The molecule has 4 aromatic rings. The van der Waals surface area contributed by atoms with E-state index in [4.69, 9.17) is 15.1 Å². The van der Waals surface area contributed by atoms with Crippen molar-refractivity contribution in [1.29, 1.82) is 0 Å². The van der Waals surface area contributed by atoms with E-state index in [1.54, 1.807) is 18.3 Å². The quantitative estimate of drug-likeness (QED) is 0.208. The molecule has 3 aromatic heterocycles. The number of aryl methyl sites for hydroxylation is 1. The van der Waals surface area contributed by atoms with Gasteiger partial charge in [0.25, 0.3) is 5.95 Å². The Morgan fingerprint density at radius 3 is 2.23 bits per heavy atom. The highest BCUT2D eigenvalue weighted by atomic mass is 19.4. The van der Waals surface area contributed by atoms with Crippen LogP contribution >= 0.6 is 0 Å². The van der Waals surface area contributed by atoms with Crippen molar-refractivity contribution in [2.75, 3.05) is 4.90 Å². The first kappa shape index (κ1) is 30.5. The van der Waals surface area contributed by atoms with Gasteiger partial charge in [-0.1, -0.05) is 30.8 Å². The largest absolute Gasteiger partial charge is 0.464 e. The number of tetrazole rings is 1. The van der Waals surface area contributed by atoms with Crippen LogP contribution in [0.5, 0.6) is 0 Å². The summed E-state index contributed by atoms with van der Waals surface area (Å²) in [4.78, 5) is 7.34. The van der Waals surface area contributed by atoms with Gasteiger partial charge in [-0.25, -0.2) is 0 Å². The number of rotatable bonds is 9. The summed E-state index contributed by atoms with van der Waals surface area (Å²) >= 11 is 0. The van der Waals surface area contributed by atoms with Crippen LogP contribution in [-0.4, -0.2) is 25.2 Å². The molecule has 0 bridgehead atoms. The summed E-state index contributed by atoms with van der Waals surface area (Å²) in [5.74, 6) is 0.960. The fourth-order valence-corrected chi connectivity index (χ4v) is 5.77. The molecule has 1 aliphatic carbocycles. The minimum absolute atomic E-state index is 0.0114. The summed E-state index contributed by atoms with van der Waals surface area (Å²) in [6, 6.07) is 6.79. The van der Waals surface area contributed by atoms with Crippen LogP contribution in [-0.2, 0) is 38.0 Å². The predicted molar refractivity (Wildman–Crippen MR) is 145 cm³/mol. The van der Waals surface area contributed by atoms with Gasteiger partial charge in [-0.2, -0.15) is 31.1 Å². The number of benzene rings is 1. The topological polar surface area (TPSA) is 98.9 Å². The average molecular weight is 608 g/mol. The molecule has 1 saturated carbocycles. The van der Waals surface area contributed by atoms with Crippen LogP contribution in [0, 0.1) is 5.92 Å². The summed E-state index contributed by atoms with van der Waals surface area (Å²) < 4.78 is 87.3. The number of anilines is 1. The normalized spacial score (nSPS) is 16.0. The first-order chi connectivity index (χ1) is 20.2. The molecule has 1 fully saturated rings. The monoisotopic (exact) mass is 607 g/mol. The molecule has 43 heavy (non-hydrogen) atoms. The van der Waals surface area contributed by atoms with Crippen LogP contribution in [0.4, 0.5) is 32.3 Å². The maximum atomic E-state index is 13.6. The number of hydrogen-bond donors (Lipinski definition) is 1. The van der Waals surface area contributed by atoms with Gasteiger partial charge in [-0.05, 0) is 72.0 Å². The molecular formula is C29H31F6N7O. The van der Waals surface area contributed by atoms with E-state index in [1.165, 1.54) is 18.2 Å². The van der Waals surface area contributed by atoms with Crippen molar-refractivity contribution in [1.82, 2.24) is 25.2 Å². The average Bonchev–Trinajstić information content (AvgIpc) is 3.71. The van der Waals surface area contributed by atoms with E-state index in [9.17, 15) is 26.3 Å². The van der Waals surface area contributed by atoms with Gasteiger partial charge in [0.1, 0.15) is 5.76 Å². The fraction of sp³-hybridized carbons (Fsp3) is 0.448. The Bertz CT molecular complexity index is 1510. The van der Waals surface area contributed by atoms with Crippen LogP contribution in [0.3, 0.4) is 0 Å². The molecule has 3 heterocycles. The molecule has 0 spiro atoms. The van der Waals surface area contributed by atoms with Crippen LogP contribution < -0.4 is 10.6 Å². The molecule has 1 aromatic carbocycles. The second-order valence-electron chi connectivity index (χ2n) is 11.3. The second-order valence-corrected chi connectivity index (χ2v) is 11.3. The first-order valence-electron chi connectivity index (χ1n) is 13.8. The maximum absolute atomic E-state index is 13.6. The van der Waals surface area contributed by atoms with Gasteiger partial charge in [0.15, 0.2) is 0 Å². The van der Waals surface area contributed by atoms with Gasteiger partial charge in [-0.3, -0.25) is 4.98 Å². The van der Waals surface area contributed by atoms with Gasteiger partial charge < -0.3 is 15.1 Å². The van der Waals surface area contributed by atoms with Crippen molar-refractivity contribution < 1.29 is 30.8 Å². The number of furan rings is 1. The van der Waals surface area contributed by atoms with Crippen molar-refractivity contribution >= 4 is 5.95 Å². The molecule has 5 rings (SSSR count). The molecule has 0 amide bonds. The van der Waals surface area contributed by atoms with Crippen molar-refractivity contribution in [3.05, 3.63) is 76.8 Å². The first-order valence-corrected chi connectivity index (χ1v) is 13.8. The zero-order valence-electron chi connectivity index (χ0n) is 23.6. The third-order valence-corrected chi connectivity index (χ3v) is 7.66. The van der Waals surface area contributed by atoms with Crippen LogP contribution in [0.25, 0.3) is 11.3 Å². The molecule has 2 N–H and O–H groups in total. The predicted octanol–water partition coefficient (Wildman–Crippen LogP) is 6.86. The number of nitrogens with two attached hydrogens (primary N) is 1. The Labute approximate surface area is 243 Å². The van der Waals surface area contributed by atoms with Crippen LogP contribution in [0.1, 0.15) is 67.0 Å². The molecule has 0 saturated heterocycles. The zero-order valence-corrected chi connectivity index (χ0v) is 23.6. The number of aromatic nitrogens is 5. The standard InChI is InChI=1S/C29H31F6N7O/c1-27(36,14-18-6-3-4-7-18)25-21(12-20(15-37-25)24-8-5-9-43-24)17-42(26-38-40-41(2)39-26)16-19-10-22(28(30,31)32)13-23(11-19)29(33,34)35/h5,8-13,15,18H,3-4,6-7,14,16-17,36H2,1-2H3. The van der Waals surface area contributed by atoms with Crippen molar-refractivity contribution in [3.63, 3.8) is 0 Å². The van der Waals surface area contributed by atoms with E-state index in [0.29, 0.717) is 47.1 Å². The lowest BCUT2D eigenvalue weighted by Crippen LogP contribution is -2.38. The summed E-state index contributed by atoms with van der Waals surface area (Å²) in [5, 5.41) is 12.0. The Hall–Kier alpha value is -3.94. The smallest absolute Gasteiger partial charge is 0.416 e. The highest BCUT2D eigenvalue weighted by molar-refractivity contribution is 5.58. The van der Waals surface area contributed by atoms with E-state index in [0.717, 1.165) is 30.5 Å². The number of halogens is 6. The summed E-state index contributed by atoms with van der Waals surface area (Å²) in [7, 11) is 1.50. The molecular weight excluding hydrogens is 576 g/mol. The van der Waals surface area contributed by atoms with Gasteiger partial charge in [0.05, 0.1) is 35.7 Å². The van der Waals surface area contributed by atoms with Gasteiger partial charge in [0.2, 0.25) is 0 Å². The van der Waals surface area contributed by atoms with E-state index in [-0.39, 0.29) is 30.7 Å². The minimum Gasteiger partial charge on any atom is -0.464 e. The summed E-state index contributed by atoms with van der Waals surface area (Å²) in [6.45, 7) is 1.47. The third kappa shape index (κ3) is 7.17. The van der Waals surface area contributed by atoms with Gasteiger partial charge in [0, 0.05) is 24.8 Å². The zero-order chi connectivity index (χ0) is 31.0. The third-order valence-electron chi connectivity index (χ3n) is 7.66. The molecule has 0 radical (unpaired) electrons. The van der Waals surface area contributed by atoms with Gasteiger partial charge in [-0.15, -0.1) is 5.10 Å². The molecule has 14 heteroatoms. The fourth-order valence-electron chi connectivity index (χ4n) is 5.77. The Balaban J connectivity index is 1.58. The van der Waals surface area contributed by atoms with Crippen molar-refractivity contribution in [2.45, 2.75) is 70.0 Å². The Morgan fingerprint density at radius 1 is 1.00 bits per heavy atom. The highest BCUT2D eigenvalue weighted by Gasteiger charge is 2.37. The van der Waals surface area contributed by atoms with E-state index < -0.39 is 29.0 Å². The summed E-state index contributed by atoms with van der Waals surface area (Å²) in [6.07, 6.45) is -1.79. The number of nitrogens with zero attached hydrogens (tertiary/aromatic N) is 6. The van der Waals surface area contributed by atoms with Crippen LogP contribution in [0.15, 0.2) is 53.3 Å². The SMILES string of the molecule is Cn1nnc(N(Cc2cc(C(F)(F)F)cc(C(F)(F)F)c2)Cc2cc(-c3ccco3)cnc2C(C)(N)CC2CCCC2)n1. The molecule has 8 nitrogen and oxygen atoms in total. The van der Waals surface area contributed by atoms with E-state index in [1.807, 2.05) is 13.0 Å². The number of hydrogen-bond acceptors (Lipinski definition) is 7. The molecule has 1 unspecified atom stereocenters. The van der Waals surface area contributed by atoms with Crippen molar-refractivity contribution in [2.24, 2.45) is 18.7 Å².